The minimum atomic E-state index is -3.48. The molecule has 1 atom stereocenters. The molecule has 0 spiro atoms. The van der Waals surface area contributed by atoms with Crippen LogP contribution in [0.4, 0.5) is 0 Å². The first-order chi connectivity index (χ1) is 12.8. The fourth-order valence-electron chi connectivity index (χ4n) is 2.71. The number of benzene rings is 2. The molecule has 0 saturated heterocycles. The highest BCUT2D eigenvalue weighted by Gasteiger charge is 2.23. The Balaban J connectivity index is 1.67. The maximum atomic E-state index is 12.5. The monoisotopic (exact) mass is 402 g/mol. The number of carbonyl (C=O) groups excluding carboxylic acids is 1. The van der Waals surface area contributed by atoms with E-state index in [1.165, 1.54) is 0 Å². The van der Waals surface area contributed by atoms with Crippen molar-refractivity contribution in [3.63, 3.8) is 0 Å². The third kappa shape index (κ3) is 4.36. The van der Waals surface area contributed by atoms with Crippen LogP contribution in [0, 0.1) is 6.92 Å². The van der Waals surface area contributed by atoms with Gasteiger partial charge in [0.05, 0.1) is 26.9 Å². The van der Waals surface area contributed by atoms with Crippen LogP contribution in [0.3, 0.4) is 0 Å². The van der Waals surface area contributed by atoms with Crippen molar-refractivity contribution in [3.8, 4) is 0 Å². The quantitative estimate of drug-likeness (QED) is 0.625. The Labute approximate surface area is 163 Å². The summed E-state index contributed by atoms with van der Waals surface area (Å²) in [5.41, 5.74) is 1.90. The van der Waals surface area contributed by atoms with E-state index in [0.717, 1.165) is 20.8 Å². The molecule has 0 aliphatic heterocycles. The molecule has 1 amide bonds. The van der Waals surface area contributed by atoms with E-state index in [1.807, 2.05) is 38.1 Å². The molecule has 3 rings (SSSR count). The number of aryl methyl sites for hydroxylation is 1. The average Bonchev–Trinajstić information content (AvgIpc) is 3.09. The number of fused-ring (bicyclic) bond motifs is 1. The SMILES string of the molecule is Cc1ccc(S(=O)(=O)CCC(=O)N(C)[C@@H](C)c2nc3ccccc3s2)cc1. The molecular weight excluding hydrogens is 380 g/mol. The van der Waals surface area contributed by atoms with Crippen molar-refractivity contribution in [2.75, 3.05) is 12.8 Å². The number of aromatic nitrogens is 1. The lowest BCUT2D eigenvalue weighted by molar-refractivity contribution is -0.131. The smallest absolute Gasteiger partial charge is 0.223 e. The summed E-state index contributed by atoms with van der Waals surface area (Å²) in [6, 6.07) is 14.3. The van der Waals surface area contributed by atoms with Gasteiger partial charge in [0, 0.05) is 13.5 Å². The van der Waals surface area contributed by atoms with E-state index < -0.39 is 9.84 Å². The number of hydrogen-bond donors (Lipinski definition) is 0. The zero-order valence-electron chi connectivity index (χ0n) is 15.5. The minimum absolute atomic E-state index is 0.0536. The zero-order valence-corrected chi connectivity index (χ0v) is 17.2. The van der Waals surface area contributed by atoms with Gasteiger partial charge in [0.1, 0.15) is 5.01 Å². The van der Waals surface area contributed by atoms with Crippen LogP contribution in [0.2, 0.25) is 0 Å². The second kappa shape index (κ2) is 7.78. The number of carbonyl (C=O) groups is 1. The molecule has 0 radical (unpaired) electrons. The Hall–Kier alpha value is -2.25. The van der Waals surface area contributed by atoms with Gasteiger partial charge in [-0.05, 0) is 38.1 Å². The van der Waals surface area contributed by atoms with Gasteiger partial charge < -0.3 is 4.90 Å². The van der Waals surface area contributed by atoms with Gasteiger partial charge >= 0.3 is 0 Å². The summed E-state index contributed by atoms with van der Waals surface area (Å²) in [6.45, 7) is 3.81. The van der Waals surface area contributed by atoms with Crippen LogP contribution in [-0.4, -0.2) is 37.0 Å². The van der Waals surface area contributed by atoms with Crippen LogP contribution in [0.15, 0.2) is 53.4 Å². The number of nitrogens with zero attached hydrogens (tertiary/aromatic N) is 2. The van der Waals surface area contributed by atoms with Crippen molar-refractivity contribution in [1.29, 1.82) is 0 Å². The third-order valence-corrected chi connectivity index (χ3v) is 7.55. The molecule has 0 bridgehead atoms. The average molecular weight is 403 g/mol. The molecule has 7 heteroatoms. The summed E-state index contributed by atoms with van der Waals surface area (Å²) in [5.74, 6) is -0.413. The Morgan fingerprint density at radius 2 is 1.81 bits per heavy atom. The molecule has 0 aliphatic rings. The second-order valence-electron chi connectivity index (χ2n) is 6.58. The first-order valence-corrected chi connectivity index (χ1v) is 11.2. The van der Waals surface area contributed by atoms with Gasteiger partial charge in [-0.1, -0.05) is 29.8 Å². The van der Waals surface area contributed by atoms with E-state index in [2.05, 4.69) is 4.98 Å². The first kappa shape index (κ1) is 19.5. The van der Waals surface area contributed by atoms with Crippen LogP contribution in [0.5, 0.6) is 0 Å². The molecule has 0 unspecified atom stereocenters. The summed E-state index contributed by atoms with van der Waals surface area (Å²) in [4.78, 5) is 19.0. The van der Waals surface area contributed by atoms with Gasteiger partial charge in [-0.25, -0.2) is 13.4 Å². The van der Waals surface area contributed by atoms with E-state index >= 15 is 0 Å². The van der Waals surface area contributed by atoms with Crippen LogP contribution in [-0.2, 0) is 14.6 Å². The minimum Gasteiger partial charge on any atom is -0.337 e. The van der Waals surface area contributed by atoms with Gasteiger partial charge in [0.25, 0.3) is 0 Å². The Bertz CT molecular complexity index is 1020. The van der Waals surface area contributed by atoms with E-state index in [1.54, 1.807) is 47.5 Å². The van der Waals surface area contributed by atoms with Gasteiger partial charge in [-0.15, -0.1) is 11.3 Å². The highest BCUT2D eigenvalue weighted by Crippen LogP contribution is 2.29. The lowest BCUT2D eigenvalue weighted by Crippen LogP contribution is -2.31. The van der Waals surface area contributed by atoms with E-state index in [9.17, 15) is 13.2 Å². The fourth-order valence-corrected chi connectivity index (χ4v) is 5.00. The molecule has 0 N–H and O–H groups in total. The summed E-state index contributed by atoms with van der Waals surface area (Å²) in [5, 5.41) is 0.841. The van der Waals surface area contributed by atoms with Crippen LogP contribution in [0.1, 0.15) is 30.0 Å². The number of para-hydroxylation sites is 1. The van der Waals surface area contributed by atoms with Crippen molar-refractivity contribution >= 4 is 37.3 Å². The third-order valence-electron chi connectivity index (χ3n) is 4.61. The number of hydrogen-bond acceptors (Lipinski definition) is 5. The van der Waals surface area contributed by atoms with Crippen LogP contribution < -0.4 is 0 Å². The summed E-state index contributed by atoms with van der Waals surface area (Å²) in [7, 11) is -1.78. The molecule has 5 nitrogen and oxygen atoms in total. The van der Waals surface area contributed by atoms with Crippen molar-refractivity contribution < 1.29 is 13.2 Å². The molecule has 2 aromatic carbocycles. The van der Waals surface area contributed by atoms with E-state index in [4.69, 9.17) is 0 Å². The Kier molecular flexibility index (Phi) is 5.62. The lowest BCUT2D eigenvalue weighted by atomic mass is 10.2. The molecular formula is C20H22N2O3S2. The van der Waals surface area contributed by atoms with Crippen molar-refractivity contribution in [1.82, 2.24) is 9.88 Å². The summed E-state index contributed by atoms with van der Waals surface area (Å²) < 4.78 is 26.0. The van der Waals surface area contributed by atoms with Crippen molar-refractivity contribution in [2.45, 2.75) is 31.2 Å². The molecule has 3 aromatic rings. The Morgan fingerprint density at radius 3 is 2.48 bits per heavy atom. The highest BCUT2D eigenvalue weighted by molar-refractivity contribution is 7.91. The summed E-state index contributed by atoms with van der Waals surface area (Å²) in [6.07, 6.45) is -0.0536. The van der Waals surface area contributed by atoms with Crippen LogP contribution in [0.25, 0.3) is 10.2 Å². The van der Waals surface area contributed by atoms with Gasteiger partial charge in [0.15, 0.2) is 9.84 Å². The van der Waals surface area contributed by atoms with Crippen molar-refractivity contribution in [2.24, 2.45) is 0 Å². The zero-order chi connectivity index (χ0) is 19.6. The number of thiazole rings is 1. The number of amides is 1. The standard InChI is InChI=1S/C20H22N2O3S2/c1-14-8-10-16(11-9-14)27(24,25)13-12-19(23)22(3)15(2)20-21-17-6-4-5-7-18(17)26-20/h4-11,15H,12-13H2,1-3H3/t15-/m0/s1. The summed E-state index contributed by atoms with van der Waals surface area (Å²) >= 11 is 1.55. The normalized spacial score (nSPS) is 12.9. The highest BCUT2D eigenvalue weighted by atomic mass is 32.2. The topological polar surface area (TPSA) is 67.3 Å². The van der Waals surface area contributed by atoms with Gasteiger partial charge in [-0.3, -0.25) is 4.79 Å². The molecule has 0 saturated carbocycles. The maximum absolute atomic E-state index is 12.5. The lowest BCUT2D eigenvalue weighted by Gasteiger charge is -2.23. The maximum Gasteiger partial charge on any atom is 0.223 e. The van der Waals surface area contributed by atoms with Gasteiger partial charge in [0.2, 0.25) is 5.91 Å². The van der Waals surface area contributed by atoms with Gasteiger partial charge in [-0.2, -0.15) is 0 Å². The van der Waals surface area contributed by atoms with Crippen LogP contribution >= 0.6 is 11.3 Å². The van der Waals surface area contributed by atoms with E-state index in [-0.39, 0.29) is 29.0 Å². The molecule has 0 fully saturated rings. The van der Waals surface area contributed by atoms with E-state index in [0.29, 0.717) is 0 Å². The first-order valence-electron chi connectivity index (χ1n) is 8.68. The fraction of sp³-hybridized carbons (Fsp3) is 0.300. The largest absolute Gasteiger partial charge is 0.337 e. The second-order valence-corrected chi connectivity index (χ2v) is 9.75. The molecule has 142 valence electrons. The Morgan fingerprint density at radius 1 is 1.15 bits per heavy atom. The predicted octanol–water partition coefficient (Wildman–Crippen LogP) is 3.99. The molecule has 0 aliphatic carbocycles. The van der Waals surface area contributed by atoms with Crippen molar-refractivity contribution in [3.05, 3.63) is 59.1 Å². The molecule has 27 heavy (non-hydrogen) atoms. The molecule has 1 aromatic heterocycles. The number of sulfone groups is 1. The predicted molar refractivity (Wildman–Crippen MR) is 109 cm³/mol. The molecule has 1 heterocycles. The number of rotatable bonds is 6.